The first-order valence-electron chi connectivity index (χ1n) is 9.51. The van der Waals surface area contributed by atoms with Crippen LogP contribution in [0, 0.1) is 0 Å². The van der Waals surface area contributed by atoms with Crippen LogP contribution in [0.3, 0.4) is 0 Å². The van der Waals surface area contributed by atoms with Gasteiger partial charge in [-0.2, -0.15) is 0 Å². The Labute approximate surface area is 170 Å². The molecule has 0 radical (unpaired) electrons. The van der Waals surface area contributed by atoms with Gasteiger partial charge in [0.05, 0.1) is 7.11 Å². The molecule has 0 saturated heterocycles. The van der Waals surface area contributed by atoms with Crippen LogP contribution in [0.1, 0.15) is 12.0 Å². The van der Waals surface area contributed by atoms with E-state index in [-0.39, 0.29) is 24.8 Å². The standard InChI is InChI=1S/C23H25N3O3/c1-29-21-15-18(14-17-9-5-6-10-19(17)21)25-23(28)20(26-22(27)11-12-24)13-16-7-3-2-4-8-16/h2-10,14-15,20H,11-13,24H2,1H3,(H,25,28)(H,26,27). The third-order valence-corrected chi connectivity index (χ3v) is 4.62. The second-order valence-corrected chi connectivity index (χ2v) is 6.74. The maximum Gasteiger partial charge on any atom is 0.247 e. The predicted molar refractivity (Wildman–Crippen MR) is 115 cm³/mol. The molecular weight excluding hydrogens is 366 g/mol. The van der Waals surface area contributed by atoms with Crippen LogP contribution in [0.4, 0.5) is 5.69 Å². The van der Waals surface area contributed by atoms with Gasteiger partial charge in [-0.1, -0.05) is 54.6 Å². The molecule has 0 heterocycles. The first kappa shape index (κ1) is 20.4. The van der Waals surface area contributed by atoms with E-state index >= 15 is 0 Å². The Balaban J connectivity index is 1.83. The number of ether oxygens (including phenoxy) is 1. The Hall–Kier alpha value is -3.38. The summed E-state index contributed by atoms with van der Waals surface area (Å²) in [5.41, 5.74) is 7.03. The van der Waals surface area contributed by atoms with Crippen molar-refractivity contribution in [3.8, 4) is 5.75 Å². The van der Waals surface area contributed by atoms with Gasteiger partial charge < -0.3 is 21.1 Å². The Kier molecular flexibility index (Phi) is 6.81. The van der Waals surface area contributed by atoms with E-state index in [0.717, 1.165) is 16.3 Å². The second kappa shape index (κ2) is 9.71. The Morgan fingerprint density at radius 2 is 1.76 bits per heavy atom. The predicted octanol–water partition coefficient (Wildman–Crippen LogP) is 2.86. The minimum Gasteiger partial charge on any atom is -0.496 e. The number of carbonyl (C=O) groups excluding carboxylic acids is 2. The van der Waals surface area contributed by atoms with Crippen LogP contribution in [0.15, 0.2) is 66.7 Å². The lowest BCUT2D eigenvalue weighted by Crippen LogP contribution is -2.45. The quantitative estimate of drug-likeness (QED) is 0.550. The SMILES string of the molecule is COc1cc(NC(=O)C(Cc2ccccc2)NC(=O)CCN)cc2ccccc12. The number of hydrogen-bond acceptors (Lipinski definition) is 4. The fourth-order valence-electron chi connectivity index (χ4n) is 3.20. The maximum atomic E-state index is 13.0. The summed E-state index contributed by atoms with van der Waals surface area (Å²) in [5.74, 6) is 0.126. The van der Waals surface area contributed by atoms with E-state index in [1.165, 1.54) is 0 Å². The van der Waals surface area contributed by atoms with Gasteiger partial charge in [0.15, 0.2) is 0 Å². The van der Waals surface area contributed by atoms with Crippen LogP contribution >= 0.6 is 0 Å². The molecular formula is C23H25N3O3. The number of methoxy groups -OCH3 is 1. The summed E-state index contributed by atoms with van der Waals surface area (Å²) in [6.07, 6.45) is 0.552. The van der Waals surface area contributed by atoms with E-state index < -0.39 is 6.04 Å². The largest absolute Gasteiger partial charge is 0.496 e. The lowest BCUT2D eigenvalue weighted by Gasteiger charge is -2.19. The normalized spacial score (nSPS) is 11.7. The minimum absolute atomic E-state index is 0.169. The molecule has 4 N–H and O–H groups in total. The molecule has 0 aliphatic heterocycles. The van der Waals surface area contributed by atoms with Crippen molar-refractivity contribution in [3.63, 3.8) is 0 Å². The van der Waals surface area contributed by atoms with Gasteiger partial charge in [0.1, 0.15) is 11.8 Å². The van der Waals surface area contributed by atoms with Crippen molar-refractivity contribution in [1.29, 1.82) is 0 Å². The van der Waals surface area contributed by atoms with E-state index in [2.05, 4.69) is 10.6 Å². The first-order valence-corrected chi connectivity index (χ1v) is 9.51. The van der Waals surface area contributed by atoms with Gasteiger partial charge in [-0.05, 0) is 17.0 Å². The number of nitrogens with one attached hydrogen (secondary N) is 2. The number of carbonyl (C=O) groups is 2. The summed E-state index contributed by atoms with van der Waals surface area (Å²) in [6, 6.07) is 20.3. The fourth-order valence-corrected chi connectivity index (χ4v) is 3.20. The van der Waals surface area contributed by atoms with Gasteiger partial charge in [-0.15, -0.1) is 0 Å². The maximum absolute atomic E-state index is 13.0. The molecule has 3 aromatic rings. The number of hydrogen-bond donors (Lipinski definition) is 3. The number of rotatable bonds is 8. The average Bonchev–Trinajstić information content (AvgIpc) is 2.73. The second-order valence-electron chi connectivity index (χ2n) is 6.74. The van der Waals surface area contributed by atoms with E-state index in [1.54, 1.807) is 13.2 Å². The molecule has 0 spiro atoms. The van der Waals surface area contributed by atoms with Gasteiger partial charge in [0.25, 0.3) is 0 Å². The number of benzene rings is 3. The van der Waals surface area contributed by atoms with Gasteiger partial charge in [-0.25, -0.2) is 0 Å². The third-order valence-electron chi connectivity index (χ3n) is 4.62. The van der Waals surface area contributed by atoms with Crippen molar-refractivity contribution in [2.45, 2.75) is 18.9 Å². The number of amides is 2. The topological polar surface area (TPSA) is 93.5 Å². The molecule has 29 heavy (non-hydrogen) atoms. The Morgan fingerprint density at radius 1 is 1.03 bits per heavy atom. The van der Waals surface area contributed by atoms with Crippen LogP contribution in [0.25, 0.3) is 10.8 Å². The average molecular weight is 391 g/mol. The highest BCUT2D eigenvalue weighted by atomic mass is 16.5. The Bertz CT molecular complexity index is 989. The highest BCUT2D eigenvalue weighted by Crippen LogP contribution is 2.29. The molecule has 0 aliphatic carbocycles. The van der Waals surface area contributed by atoms with E-state index in [0.29, 0.717) is 17.9 Å². The molecule has 1 atom stereocenters. The zero-order chi connectivity index (χ0) is 20.6. The fraction of sp³-hybridized carbons (Fsp3) is 0.217. The van der Waals surface area contributed by atoms with E-state index in [1.807, 2.05) is 60.7 Å². The molecule has 3 rings (SSSR count). The van der Waals surface area contributed by atoms with Crippen molar-refractivity contribution in [2.24, 2.45) is 5.73 Å². The molecule has 0 bridgehead atoms. The number of fused-ring (bicyclic) bond motifs is 1. The summed E-state index contributed by atoms with van der Waals surface area (Å²) in [5, 5.41) is 7.62. The van der Waals surface area contributed by atoms with Crippen molar-refractivity contribution in [3.05, 3.63) is 72.3 Å². The molecule has 2 amide bonds. The van der Waals surface area contributed by atoms with Gasteiger partial charge in [-0.3, -0.25) is 9.59 Å². The van der Waals surface area contributed by atoms with Gasteiger partial charge >= 0.3 is 0 Å². The summed E-state index contributed by atoms with van der Waals surface area (Å²) < 4.78 is 5.47. The van der Waals surface area contributed by atoms with Crippen molar-refractivity contribution in [1.82, 2.24) is 5.32 Å². The van der Waals surface area contributed by atoms with E-state index in [9.17, 15) is 9.59 Å². The van der Waals surface area contributed by atoms with Crippen LogP contribution in [0.5, 0.6) is 5.75 Å². The smallest absolute Gasteiger partial charge is 0.247 e. The third kappa shape index (κ3) is 5.33. The van der Waals surface area contributed by atoms with Crippen LogP contribution in [0.2, 0.25) is 0 Å². The van der Waals surface area contributed by atoms with Crippen LogP contribution in [-0.4, -0.2) is 31.5 Å². The molecule has 0 fully saturated rings. The number of nitrogens with two attached hydrogens (primary N) is 1. The van der Waals surface area contributed by atoms with Gasteiger partial charge in [0.2, 0.25) is 11.8 Å². The molecule has 6 heteroatoms. The molecule has 0 aliphatic rings. The van der Waals surface area contributed by atoms with Crippen molar-refractivity contribution >= 4 is 28.3 Å². The highest BCUT2D eigenvalue weighted by Gasteiger charge is 2.21. The van der Waals surface area contributed by atoms with Gasteiger partial charge in [0, 0.05) is 36.5 Å². The summed E-state index contributed by atoms with van der Waals surface area (Å²) >= 11 is 0. The molecule has 3 aromatic carbocycles. The summed E-state index contributed by atoms with van der Waals surface area (Å²) in [4.78, 5) is 25.1. The van der Waals surface area contributed by atoms with Crippen LogP contribution in [-0.2, 0) is 16.0 Å². The summed E-state index contributed by atoms with van der Waals surface area (Å²) in [7, 11) is 1.60. The first-order chi connectivity index (χ1) is 14.1. The Morgan fingerprint density at radius 3 is 2.48 bits per heavy atom. The van der Waals surface area contributed by atoms with Crippen LogP contribution < -0.4 is 21.1 Å². The van der Waals surface area contributed by atoms with E-state index in [4.69, 9.17) is 10.5 Å². The molecule has 0 saturated carbocycles. The monoisotopic (exact) mass is 391 g/mol. The lowest BCUT2D eigenvalue weighted by atomic mass is 10.0. The highest BCUT2D eigenvalue weighted by molar-refractivity contribution is 6.00. The summed E-state index contributed by atoms with van der Waals surface area (Å²) in [6.45, 7) is 0.230. The number of anilines is 1. The zero-order valence-corrected chi connectivity index (χ0v) is 16.4. The molecule has 1 unspecified atom stereocenters. The molecule has 150 valence electrons. The molecule has 0 aromatic heterocycles. The molecule has 6 nitrogen and oxygen atoms in total. The van der Waals surface area contributed by atoms with Crippen molar-refractivity contribution in [2.75, 3.05) is 19.0 Å². The zero-order valence-electron chi connectivity index (χ0n) is 16.4. The van der Waals surface area contributed by atoms with Crippen molar-refractivity contribution < 1.29 is 14.3 Å². The minimum atomic E-state index is -0.714. The lowest BCUT2D eigenvalue weighted by molar-refractivity contribution is -0.126.